The molecule has 0 radical (unpaired) electrons. The van der Waals surface area contributed by atoms with E-state index in [1.165, 1.54) is 18.1 Å². The van der Waals surface area contributed by atoms with E-state index in [0.29, 0.717) is 30.4 Å². The highest BCUT2D eigenvalue weighted by Gasteiger charge is 2.19. The van der Waals surface area contributed by atoms with Gasteiger partial charge in [0.25, 0.3) is 0 Å². The number of thioether (sulfide) groups is 1. The smallest absolute Gasteiger partial charge is 0.237 e. The molecule has 1 atom stereocenters. The van der Waals surface area contributed by atoms with Gasteiger partial charge >= 0.3 is 0 Å². The monoisotopic (exact) mass is 373 g/mol. The minimum absolute atomic E-state index is 0.0938. The molecule has 3 aromatic rings. The molecule has 1 aromatic carbocycles. The molecule has 0 unspecified atom stereocenters. The topological polar surface area (TPSA) is 73.3 Å². The number of rotatable bonds is 4. The van der Waals surface area contributed by atoms with E-state index in [4.69, 9.17) is 9.47 Å². The number of nitrogens with one attached hydrogen (secondary N) is 1. The molecular formula is C17H15N3O3S2. The number of hydrogen-bond donors (Lipinski definition) is 1. The molecule has 0 spiro atoms. The Balaban J connectivity index is 1.46. The molecule has 8 heteroatoms. The first-order valence-corrected chi connectivity index (χ1v) is 9.52. The van der Waals surface area contributed by atoms with Crippen molar-refractivity contribution in [2.24, 2.45) is 0 Å². The average molecular weight is 373 g/mol. The number of anilines is 1. The van der Waals surface area contributed by atoms with Gasteiger partial charge in [-0.1, -0.05) is 11.8 Å². The van der Waals surface area contributed by atoms with Crippen molar-refractivity contribution >= 4 is 44.9 Å². The number of carbonyl (C=O) groups excluding carboxylic acids is 1. The Kier molecular flexibility index (Phi) is 4.46. The van der Waals surface area contributed by atoms with E-state index < -0.39 is 0 Å². The first-order valence-electron chi connectivity index (χ1n) is 7.76. The summed E-state index contributed by atoms with van der Waals surface area (Å²) < 4.78 is 11.0. The maximum Gasteiger partial charge on any atom is 0.237 e. The fraction of sp³-hybridized carbons (Fsp3) is 0.235. The number of amides is 1. The SMILES string of the molecule is C[C@H](Sc1ncnc2sccc12)C(=O)Nc1ccc2c(c1)OCCO2. The number of hydrogen-bond acceptors (Lipinski definition) is 7. The molecule has 4 rings (SSSR count). The zero-order valence-corrected chi connectivity index (χ0v) is 15.0. The summed E-state index contributed by atoms with van der Waals surface area (Å²) >= 11 is 2.98. The Morgan fingerprint density at radius 3 is 2.96 bits per heavy atom. The van der Waals surface area contributed by atoms with Gasteiger partial charge in [-0.15, -0.1) is 11.3 Å². The largest absolute Gasteiger partial charge is 0.486 e. The van der Waals surface area contributed by atoms with Crippen LogP contribution in [0.2, 0.25) is 0 Å². The summed E-state index contributed by atoms with van der Waals surface area (Å²) in [6.07, 6.45) is 1.53. The van der Waals surface area contributed by atoms with Gasteiger partial charge in [0.05, 0.1) is 5.25 Å². The quantitative estimate of drug-likeness (QED) is 0.557. The standard InChI is InChI=1S/C17H15N3O3S2/c1-10(25-17-12-4-7-24-16(12)18-9-19-17)15(21)20-11-2-3-13-14(8-11)23-6-5-22-13/h2-4,7-10H,5-6H2,1H3,(H,20,21)/t10-/m0/s1. The molecule has 0 aliphatic carbocycles. The van der Waals surface area contributed by atoms with Gasteiger partial charge in [0.15, 0.2) is 11.5 Å². The lowest BCUT2D eigenvalue weighted by Crippen LogP contribution is -2.23. The molecule has 1 N–H and O–H groups in total. The Bertz CT molecular complexity index is 928. The van der Waals surface area contributed by atoms with E-state index in [1.807, 2.05) is 24.4 Å². The van der Waals surface area contributed by atoms with Crippen molar-refractivity contribution in [3.05, 3.63) is 36.0 Å². The Morgan fingerprint density at radius 2 is 2.08 bits per heavy atom. The molecule has 0 fully saturated rings. The first-order chi connectivity index (χ1) is 12.2. The second-order valence-electron chi connectivity index (χ2n) is 5.43. The predicted molar refractivity (Wildman–Crippen MR) is 98.8 cm³/mol. The third-order valence-corrected chi connectivity index (χ3v) is 5.63. The van der Waals surface area contributed by atoms with Crippen LogP contribution in [-0.2, 0) is 4.79 Å². The summed E-state index contributed by atoms with van der Waals surface area (Å²) in [7, 11) is 0. The third kappa shape index (κ3) is 3.40. The highest BCUT2D eigenvalue weighted by Crippen LogP contribution is 2.34. The lowest BCUT2D eigenvalue weighted by molar-refractivity contribution is -0.115. The number of aromatic nitrogens is 2. The predicted octanol–water partition coefficient (Wildman–Crippen LogP) is 3.58. The van der Waals surface area contributed by atoms with E-state index in [2.05, 4.69) is 15.3 Å². The van der Waals surface area contributed by atoms with Crippen LogP contribution in [0, 0.1) is 0 Å². The number of ether oxygens (including phenoxy) is 2. The fourth-order valence-corrected chi connectivity index (χ4v) is 4.15. The third-order valence-electron chi connectivity index (χ3n) is 3.69. The first kappa shape index (κ1) is 16.2. The molecule has 1 aliphatic heterocycles. The van der Waals surface area contributed by atoms with E-state index in [-0.39, 0.29) is 11.2 Å². The van der Waals surface area contributed by atoms with Gasteiger partial charge in [-0.25, -0.2) is 9.97 Å². The minimum atomic E-state index is -0.300. The molecule has 0 bridgehead atoms. The van der Waals surface area contributed by atoms with Gasteiger partial charge in [0, 0.05) is 17.1 Å². The van der Waals surface area contributed by atoms with Crippen molar-refractivity contribution in [1.82, 2.24) is 9.97 Å². The van der Waals surface area contributed by atoms with E-state index >= 15 is 0 Å². The van der Waals surface area contributed by atoms with Crippen LogP contribution in [-0.4, -0.2) is 34.3 Å². The molecule has 25 heavy (non-hydrogen) atoms. The van der Waals surface area contributed by atoms with Crippen LogP contribution >= 0.6 is 23.1 Å². The second-order valence-corrected chi connectivity index (χ2v) is 7.65. The van der Waals surface area contributed by atoms with Crippen LogP contribution in [0.25, 0.3) is 10.2 Å². The summed E-state index contributed by atoms with van der Waals surface area (Å²) in [4.78, 5) is 22.0. The van der Waals surface area contributed by atoms with E-state index in [1.54, 1.807) is 23.5 Å². The molecule has 2 aromatic heterocycles. The van der Waals surface area contributed by atoms with Crippen LogP contribution < -0.4 is 14.8 Å². The molecule has 0 saturated carbocycles. The Hall–Kier alpha value is -2.32. The highest BCUT2D eigenvalue weighted by molar-refractivity contribution is 8.00. The summed E-state index contributed by atoms with van der Waals surface area (Å²) in [5.41, 5.74) is 0.685. The zero-order chi connectivity index (χ0) is 17.2. The maximum atomic E-state index is 12.5. The van der Waals surface area contributed by atoms with Crippen LogP contribution in [0.5, 0.6) is 11.5 Å². The molecular weight excluding hydrogens is 358 g/mol. The molecule has 6 nitrogen and oxygen atoms in total. The van der Waals surface area contributed by atoms with Crippen LogP contribution in [0.3, 0.4) is 0 Å². The summed E-state index contributed by atoms with van der Waals surface area (Å²) in [6.45, 7) is 2.92. The van der Waals surface area contributed by atoms with Gasteiger partial charge in [-0.3, -0.25) is 4.79 Å². The van der Waals surface area contributed by atoms with Crippen LogP contribution in [0.15, 0.2) is 41.0 Å². The number of nitrogens with zero attached hydrogens (tertiary/aromatic N) is 2. The van der Waals surface area contributed by atoms with Crippen molar-refractivity contribution in [2.45, 2.75) is 17.2 Å². The molecule has 1 amide bonds. The Morgan fingerprint density at radius 1 is 1.24 bits per heavy atom. The number of thiophene rings is 1. The van der Waals surface area contributed by atoms with Gasteiger partial charge in [0.1, 0.15) is 29.4 Å². The minimum Gasteiger partial charge on any atom is -0.486 e. The lowest BCUT2D eigenvalue weighted by atomic mass is 10.2. The van der Waals surface area contributed by atoms with Crippen molar-refractivity contribution in [3.63, 3.8) is 0 Å². The van der Waals surface area contributed by atoms with E-state index in [0.717, 1.165) is 15.2 Å². The van der Waals surface area contributed by atoms with Gasteiger partial charge < -0.3 is 14.8 Å². The fourth-order valence-electron chi connectivity index (χ4n) is 2.45. The van der Waals surface area contributed by atoms with Crippen molar-refractivity contribution in [2.75, 3.05) is 18.5 Å². The number of carbonyl (C=O) groups is 1. The van der Waals surface area contributed by atoms with Crippen molar-refractivity contribution in [3.8, 4) is 11.5 Å². The maximum absolute atomic E-state index is 12.5. The molecule has 0 saturated heterocycles. The highest BCUT2D eigenvalue weighted by atomic mass is 32.2. The number of benzene rings is 1. The van der Waals surface area contributed by atoms with Crippen LogP contribution in [0.4, 0.5) is 5.69 Å². The van der Waals surface area contributed by atoms with Crippen molar-refractivity contribution in [1.29, 1.82) is 0 Å². The van der Waals surface area contributed by atoms with Gasteiger partial charge in [-0.2, -0.15) is 0 Å². The zero-order valence-electron chi connectivity index (χ0n) is 13.4. The van der Waals surface area contributed by atoms with Crippen LogP contribution in [0.1, 0.15) is 6.92 Å². The second kappa shape index (κ2) is 6.89. The van der Waals surface area contributed by atoms with E-state index in [9.17, 15) is 4.79 Å². The number of fused-ring (bicyclic) bond motifs is 2. The normalized spacial score (nSPS) is 14.3. The van der Waals surface area contributed by atoms with Crippen molar-refractivity contribution < 1.29 is 14.3 Å². The van der Waals surface area contributed by atoms with Gasteiger partial charge in [0.2, 0.25) is 5.91 Å². The lowest BCUT2D eigenvalue weighted by Gasteiger charge is -2.19. The van der Waals surface area contributed by atoms with Gasteiger partial charge in [-0.05, 0) is 30.5 Å². The summed E-state index contributed by atoms with van der Waals surface area (Å²) in [5.74, 6) is 1.26. The molecule has 128 valence electrons. The summed E-state index contributed by atoms with van der Waals surface area (Å²) in [5, 5.41) is 6.39. The molecule has 1 aliphatic rings. The average Bonchev–Trinajstić information content (AvgIpc) is 3.11. The molecule has 3 heterocycles. The summed E-state index contributed by atoms with van der Waals surface area (Å²) in [6, 6.07) is 7.38. The Labute approximate surface area is 152 Å².